The fraction of sp³-hybridized carbons (Fsp3) is 0.294. The van der Waals surface area contributed by atoms with Crippen molar-refractivity contribution in [3.05, 3.63) is 69.7 Å². The molecule has 112 valence electrons. The molecule has 1 atom stereocenters. The van der Waals surface area contributed by atoms with Crippen LogP contribution in [0.25, 0.3) is 0 Å². The van der Waals surface area contributed by atoms with Gasteiger partial charge in [-0.2, -0.15) is 0 Å². The Bertz CT molecular complexity index is 623. The first-order valence-electron chi connectivity index (χ1n) is 6.78. The third-order valence-corrected chi connectivity index (χ3v) is 4.12. The molecule has 2 aromatic rings. The summed E-state index contributed by atoms with van der Waals surface area (Å²) in [7, 11) is 0. The van der Waals surface area contributed by atoms with Gasteiger partial charge in [-0.25, -0.2) is 8.78 Å². The van der Waals surface area contributed by atoms with Crippen molar-refractivity contribution >= 4 is 15.9 Å². The SMILES string of the molecule is CC(NC(C)(C)c1ccc(Br)cc1)c1ccc(F)c(F)c1. The number of hydrogen-bond acceptors (Lipinski definition) is 1. The molecule has 0 aliphatic rings. The Labute approximate surface area is 132 Å². The first-order chi connectivity index (χ1) is 9.79. The maximum Gasteiger partial charge on any atom is 0.159 e. The van der Waals surface area contributed by atoms with Crippen molar-refractivity contribution in [3.8, 4) is 0 Å². The Kier molecular flexibility index (Phi) is 4.79. The van der Waals surface area contributed by atoms with Gasteiger partial charge in [0.25, 0.3) is 0 Å². The van der Waals surface area contributed by atoms with E-state index >= 15 is 0 Å². The Hall–Kier alpha value is -1.26. The average Bonchev–Trinajstić information content (AvgIpc) is 2.41. The zero-order valence-corrected chi connectivity index (χ0v) is 13.8. The van der Waals surface area contributed by atoms with E-state index in [-0.39, 0.29) is 11.6 Å². The molecular weight excluding hydrogens is 336 g/mol. The van der Waals surface area contributed by atoms with E-state index in [0.29, 0.717) is 0 Å². The summed E-state index contributed by atoms with van der Waals surface area (Å²) in [6.07, 6.45) is 0. The minimum absolute atomic E-state index is 0.0984. The van der Waals surface area contributed by atoms with E-state index in [0.717, 1.165) is 21.7 Å². The van der Waals surface area contributed by atoms with Crippen LogP contribution in [0.2, 0.25) is 0 Å². The van der Waals surface area contributed by atoms with Gasteiger partial charge in [0.1, 0.15) is 0 Å². The average molecular weight is 354 g/mol. The summed E-state index contributed by atoms with van der Waals surface area (Å²) in [5, 5.41) is 3.45. The molecule has 0 spiro atoms. The van der Waals surface area contributed by atoms with E-state index < -0.39 is 11.6 Å². The van der Waals surface area contributed by atoms with Gasteiger partial charge in [-0.05, 0) is 56.2 Å². The van der Waals surface area contributed by atoms with Gasteiger partial charge < -0.3 is 5.32 Å². The van der Waals surface area contributed by atoms with Crippen molar-refractivity contribution < 1.29 is 8.78 Å². The lowest BCUT2D eigenvalue weighted by molar-refractivity contribution is 0.356. The largest absolute Gasteiger partial charge is 0.301 e. The highest BCUT2D eigenvalue weighted by molar-refractivity contribution is 9.10. The van der Waals surface area contributed by atoms with Crippen LogP contribution in [0.4, 0.5) is 8.78 Å². The standard InChI is InChI=1S/C17H18BrF2N/c1-11(12-4-9-15(19)16(20)10-12)21-17(2,3)13-5-7-14(18)8-6-13/h4-11,21H,1-3H3. The molecule has 0 saturated heterocycles. The molecule has 0 amide bonds. The zero-order valence-electron chi connectivity index (χ0n) is 12.3. The molecule has 1 unspecified atom stereocenters. The second kappa shape index (κ2) is 6.24. The number of halogens is 3. The maximum absolute atomic E-state index is 13.3. The first kappa shape index (κ1) is 16.1. The van der Waals surface area contributed by atoms with Gasteiger partial charge in [0, 0.05) is 16.1 Å². The molecule has 0 aromatic heterocycles. The lowest BCUT2D eigenvalue weighted by Gasteiger charge is -2.31. The summed E-state index contributed by atoms with van der Waals surface area (Å²) in [5.74, 6) is -1.64. The summed E-state index contributed by atoms with van der Waals surface area (Å²) in [6.45, 7) is 6.06. The highest BCUT2D eigenvalue weighted by Gasteiger charge is 2.23. The lowest BCUT2D eigenvalue weighted by atomic mass is 9.92. The number of hydrogen-bond donors (Lipinski definition) is 1. The Morgan fingerprint density at radius 1 is 1.00 bits per heavy atom. The quantitative estimate of drug-likeness (QED) is 0.784. The van der Waals surface area contributed by atoms with Crippen LogP contribution < -0.4 is 5.32 Å². The molecule has 1 nitrogen and oxygen atoms in total. The Morgan fingerprint density at radius 2 is 1.62 bits per heavy atom. The van der Waals surface area contributed by atoms with Crippen LogP contribution in [0.5, 0.6) is 0 Å². The van der Waals surface area contributed by atoms with Crippen LogP contribution >= 0.6 is 15.9 Å². The van der Waals surface area contributed by atoms with Crippen LogP contribution in [0.3, 0.4) is 0 Å². The summed E-state index contributed by atoms with van der Waals surface area (Å²) >= 11 is 3.42. The van der Waals surface area contributed by atoms with E-state index in [2.05, 4.69) is 35.1 Å². The highest BCUT2D eigenvalue weighted by Crippen LogP contribution is 2.26. The number of nitrogens with one attached hydrogen (secondary N) is 1. The Balaban J connectivity index is 2.18. The van der Waals surface area contributed by atoms with E-state index in [1.165, 1.54) is 6.07 Å². The minimum atomic E-state index is -0.821. The second-order valence-corrected chi connectivity index (χ2v) is 6.59. The first-order valence-corrected chi connectivity index (χ1v) is 7.57. The molecule has 0 bridgehead atoms. The topological polar surface area (TPSA) is 12.0 Å². The third kappa shape index (κ3) is 3.89. The molecule has 1 N–H and O–H groups in total. The van der Waals surface area contributed by atoms with Crippen molar-refractivity contribution in [2.45, 2.75) is 32.4 Å². The van der Waals surface area contributed by atoms with Crippen LogP contribution in [0.1, 0.15) is 37.9 Å². The lowest BCUT2D eigenvalue weighted by Crippen LogP contribution is -2.38. The van der Waals surface area contributed by atoms with Crippen molar-refractivity contribution in [2.24, 2.45) is 0 Å². The Morgan fingerprint density at radius 3 is 2.19 bits per heavy atom. The molecule has 0 fully saturated rings. The van der Waals surface area contributed by atoms with Crippen molar-refractivity contribution in [1.82, 2.24) is 5.32 Å². The fourth-order valence-electron chi connectivity index (χ4n) is 2.36. The molecule has 0 radical (unpaired) electrons. The maximum atomic E-state index is 13.3. The van der Waals surface area contributed by atoms with Gasteiger partial charge in [0.05, 0.1) is 0 Å². The normalized spacial score (nSPS) is 13.2. The highest BCUT2D eigenvalue weighted by atomic mass is 79.9. The third-order valence-electron chi connectivity index (χ3n) is 3.59. The summed E-state index contributed by atoms with van der Waals surface area (Å²) in [4.78, 5) is 0. The molecule has 2 rings (SSSR count). The van der Waals surface area contributed by atoms with Gasteiger partial charge in [-0.1, -0.05) is 34.1 Å². The van der Waals surface area contributed by atoms with Gasteiger partial charge in [0.2, 0.25) is 0 Å². The number of benzene rings is 2. The summed E-state index contributed by atoms with van der Waals surface area (Å²) < 4.78 is 27.4. The second-order valence-electron chi connectivity index (χ2n) is 5.67. The summed E-state index contributed by atoms with van der Waals surface area (Å²) in [6, 6.07) is 12.0. The monoisotopic (exact) mass is 353 g/mol. The van der Waals surface area contributed by atoms with Crippen LogP contribution in [-0.4, -0.2) is 0 Å². The minimum Gasteiger partial charge on any atom is -0.301 e. The molecule has 0 aliphatic carbocycles. The van der Waals surface area contributed by atoms with E-state index in [9.17, 15) is 8.78 Å². The molecule has 2 aromatic carbocycles. The molecule has 0 heterocycles. The van der Waals surface area contributed by atoms with Gasteiger partial charge in [-0.3, -0.25) is 0 Å². The molecule has 4 heteroatoms. The predicted molar refractivity (Wildman–Crippen MR) is 85.1 cm³/mol. The predicted octanol–water partition coefficient (Wildman–Crippen LogP) is 5.31. The van der Waals surface area contributed by atoms with Crippen molar-refractivity contribution in [2.75, 3.05) is 0 Å². The van der Waals surface area contributed by atoms with Gasteiger partial charge in [-0.15, -0.1) is 0 Å². The van der Waals surface area contributed by atoms with Crippen LogP contribution in [0, 0.1) is 11.6 Å². The van der Waals surface area contributed by atoms with Crippen molar-refractivity contribution in [3.63, 3.8) is 0 Å². The number of rotatable bonds is 4. The van der Waals surface area contributed by atoms with E-state index in [4.69, 9.17) is 0 Å². The zero-order chi connectivity index (χ0) is 15.6. The van der Waals surface area contributed by atoms with Gasteiger partial charge >= 0.3 is 0 Å². The molecular formula is C17H18BrF2N. The van der Waals surface area contributed by atoms with Crippen LogP contribution in [0.15, 0.2) is 46.9 Å². The smallest absolute Gasteiger partial charge is 0.159 e. The summed E-state index contributed by atoms with van der Waals surface area (Å²) in [5.41, 5.74) is 1.56. The van der Waals surface area contributed by atoms with Crippen LogP contribution in [-0.2, 0) is 5.54 Å². The van der Waals surface area contributed by atoms with Crippen molar-refractivity contribution in [1.29, 1.82) is 0 Å². The van der Waals surface area contributed by atoms with E-state index in [1.54, 1.807) is 6.07 Å². The fourth-order valence-corrected chi connectivity index (χ4v) is 2.62. The molecule has 21 heavy (non-hydrogen) atoms. The van der Waals surface area contributed by atoms with E-state index in [1.807, 2.05) is 31.2 Å². The molecule has 0 saturated carbocycles. The molecule has 0 aliphatic heterocycles. The van der Waals surface area contributed by atoms with Gasteiger partial charge in [0.15, 0.2) is 11.6 Å².